The number of hydrogen-bond acceptors (Lipinski definition) is 5. The van der Waals surface area contributed by atoms with Crippen LogP contribution in [0.15, 0.2) is 28.1 Å². The summed E-state index contributed by atoms with van der Waals surface area (Å²) < 4.78 is 5.22. The van der Waals surface area contributed by atoms with Crippen molar-refractivity contribution < 1.29 is 14.4 Å². The third-order valence-corrected chi connectivity index (χ3v) is 4.88. The molecule has 5 nitrogen and oxygen atoms in total. The number of nitrogens with zero attached hydrogens (tertiary/aromatic N) is 1. The molecular weight excluding hydrogens is 288 g/mol. The molecule has 0 aromatic carbocycles. The van der Waals surface area contributed by atoms with E-state index in [1.54, 1.807) is 6.07 Å². The largest absolute Gasteiger partial charge is 0.394 e. The van der Waals surface area contributed by atoms with Gasteiger partial charge in [0, 0.05) is 6.07 Å². The molecule has 0 unspecified atom stereocenters. The lowest BCUT2D eigenvalue weighted by Gasteiger charge is -2.36. The van der Waals surface area contributed by atoms with Gasteiger partial charge < -0.3 is 14.9 Å². The lowest BCUT2D eigenvalue weighted by Crippen LogP contribution is -2.52. The van der Waals surface area contributed by atoms with Gasteiger partial charge in [-0.15, -0.1) is 11.3 Å². The van der Waals surface area contributed by atoms with E-state index < -0.39 is 5.54 Å². The van der Waals surface area contributed by atoms with Crippen molar-refractivity contribution >= 4 is 17.2 Å². The second-order valence-corrected chi connectivity index (χ2v) is 6.45. The van der Waals surface area contributed by atoms with Crippen molar-refractivity contribution in [3.63, 3.8) is 0 Å². The Morgan fingerprint density at radius 2 is 2.24 bits per heavy atom. The van der Waals surface area contributed by atoms with Crippen molar-refractivity contribution in [3.8, 4) is 10.6 Å². The fourth-order valence-electron chi connectivity index (χ4n) is 2.77. The predicted molar refractivity (Wildman–Crippen MR) is 80.2 cm³/mol. The van der Waals surface area contributed by atoms with Gasteiger partial charge in [0.1, 0.15) is 0 Å². The Labute approximate surface area is 127 Å². The number of thiophene rings is 1. The molecular formula is C15H18N2O3S. The number of amides is 1. The number of nitrogens with one attached hydrogen (secondary N) is 1. The van der Waals surface area contributed by atoms with Gasteiger partial charge in [-0.05, 0) is 24.3 Å². The van der Waals surface area contributed by atoms with Crippen LogP contribution < -0.4 is 5.32 Å². The molecule has 1 aliphatic carbocycles. The van der Waals surface area contributed by atoms with Gasteiger partial charge in [0.25, 0.3) is 5.91 Å². The maximum absolute atomic E-state index is 12.3. The highest BCUT2D eigenvalue weighted by Gasteiger charge is 2.33. The van der Waals surface area contributed by atoms with Crippen LogP contribution in [0, 0.1) is 0 Å². The molecule has 0 saturated heterocycles. The van der Waals surface area contributed by atoms with E-state index in [0.717, 1.165) is 37.0 Å². The van der Waals surface area contributed by atoms with E-state index in [1.807, 2.05) is 17.5 Å². The highest BCUT2D eigenvalue weighted by Crippen LogP contribution is 2.29. The molecule has 1 aliphatic rings. The molecule has 2 heterocycles. The standard InChI is InChI=1S/C15H18N2O3S/c18-10-15(6-2-1-3-7-15)16-14(19)11-9-12(20-17-11)13-5-4-8-21-13/h4-5,8-9,18H,1-3,6-7,10H2,(H,16,19). The Morgan fingerprint density at radius 1 is 1.43 bits per heavy atom. The first-order valence-corrected chi connectivity index (χ1v) is 8.04. The number of hydrogen-bond donors (Lipinski definition) is 2. The third kappa shape index (κ3) is 3.01. The highest BCUT2D eigenvalue weighted by molar-refractivity contribution is 7.13. The second-order valence-electron chi connectivity index (χ2n) is 5.51. The van der Waals surface area contributed by atoms with Gasteiger partial charge in [0.05, 0.1) is 17.0 Å². The van der Waals surface area contributed by atoms with Crippen LogP contribution >= 0.6 is 11.3 Å². The fourth-order valence-corrected chi connectivity index (χ4v) is 3.45. The summed E-state index contributed by atoms with van der Waals surface area (Å²) in [4.78, 5) is 13.3. The molecule has 1 fully saturated rings. The van der Waals surface area contributed by atoms with Crippen LogP contribution in [0.25, 0.3) is 10.6 Å². The van der Waals surface area contributed by atoms with E-state index in [1.165, 1.54) is 11.3 Å². The minimum Gasteiger partial charge on any atom is -0.394 e. The van der Waals surface area contributed by atoms with Gasteiger partial charge >= 0.3 is 0 Å². The summed E-state index contributed by atoms with van der Waals surface area (Å²) in [7, 11) is 0. The van der Waals surface area contributed by atoms with Crippen LogP contribution in [0.4, 0.5) is 0 Å². The van der Waals surface area contributed by atoms with Gasteiger partial charge in [-0.25, -0.2) is 0 Å². The smallest absolute Gasteiger partial charge is 0.273 e. The molecule has 1 saturated carbocycles. The van der Waals surface area contributed by atoms with Crippen molar-refractivity contribution in [3.05, 3.63) is 29.3 Å². The molecule has 1 amide bonds. The van der Waals surface area contributed by atoms with Gasteiger partial charge in [0.15, 0.2) is 11.5 Å². The molecule has 0 atom stereocenters. The average molecular weight is 306 g/mol. The summed E-state index contributed by atoms with van der Waals surface area (Å²) in [6, 6.07) is 5.49. The predicted octanol–water partition coefficient (Wildman–Crippen LogP) is 2.83. The van der Waals surface area contributed by atoms with Crippen molar-refractivity contribution in [1.29, 1.82) is 0 Å². The van der Waals surface area contributed by atoms with E-state index in [2.05, 4.69) is 10.5 Å². The summed E-state index contributed by atoms with van der Waals surface area (Å²) >= 11 is 1.54. The first kappa shape index (κ1) is 14.3. The zero-order valence-corrected chi connectivity index (χ0v) is 12.5. The molecule has 0 bridgehead atoms. The maximum Gasteiger partial charge on any atom is 0.273 e. The molecule has 0 aliphatic heterocycles. The molecule has 2 aromatic rings. The molecule has 6 heteroatoms. The SMILES string of the molecule is O=C(NC1(CO)CCCCC1)c1cc(-c2cccs2)on1. The van der Waals surface area contributed by atoms with Crippen LogP contribution in [0.3, 0.4) is 0 Å². The molecule has 3 rings (SSSR count). The maximum atomic E-state index is 12.3. The Morgan fingerprint density at radius 3 is 2.90 bits per heavy atom. The molecule has 2 N–H and O–H groups in total. The van der Waals surface area contributed by atoms with E-state index in [9.17, 15) is 9.90 Å². The molecule has 0 spiro atoms. The first-order valence-electron chi connectivity index (χ1n) is 7.16. The van der Waals surface area contributed by atoms with Crippen LogP contribution in [-0.4, -0.2) is 28.3 Å². The molecule has 112 valence electrons. The molecule has 21 heavy (non-hydrogen) atoms. The summed E-state index contributed by atoms with van der Waals surface area (Å²) in [6.07, 6.45) is 4.83. The third-order valence-electron chi connectivity index (χ3n) is 4.00. The van der Waals surface area contributed by atoms with Crippen LogP contribution in [-0.2, 0) is 0 Å². The lowest BCUT2D eigenvalue weighted by atomic mass is 9.82. The van der Waals surface area contributed by atoms with Crippen molar-refractivity contribution in [2.75, 3.05) is 6.61 Å². The van der Waals surface area contributed by atoms with Gasteiger partial charge in [-0.2, -0.15) is 0 Å². The van der Waals surface area contributed by atoms with Crippen LogP contribution in [0.1, 0.15) is 42.6 Å². The van der Waals surface area contributed by atoms with E-state index in [4.69, 9.17) is 4.52 Å². The Hall–Kier alpha value is -1.66. The van der Waals surface area contributed by atoms with E-state index in [0.29, 0.717) is 5.76 Å². The second kappa shape index (κ2) is 5.99. The normalized spacial score (nSPS) is 17.6. The quantitative estimate of drug-likeness (QED) is 0.910. The monoisotopic (exact) mass is 306 g/mol. The fraction of sp³-hybridized carbons (Fsp3) is 0.467. The summed E-state index contributed by atoms with van der Waals surface area (Å²) in [5.74, 6) is 0.314. The number of carbonyl (C=O) groups excluding carboxylic acids is 1. The Balaban J connectivity index is 1.73. The summed E-state index contributed by atoms with van der Waals surface area (Å²) in [5.41, 5.74) is -0.242. The van der Waals surface area contributed by atoms with Crippen molar-refractivity contribution in [2.24, 2.45) is 0 Å². The summed E-state index contributed by atoms with van der Waals surface area (Å²) in [5, 5.41) is 18.4. The van der Waals surface area contributed by atoms with E-state index >= 15 is 0 Å². The molecule has 2 aromatic heterocycles. The lowest BCUT2D eigenvalue weighted by molar-refractivity contribution is 0.0750. The first-order chi connectivity index (χ1) is 10.2. The van der Waals surface area contributed by atoms with Gasteiger partial charge in [-0.1, -0.05) is 30.5 Å². The van der Waals surface area contributed by atoms with Gasteiger partial charge in [0.2, 0.25) is 0 Å². The minimum atomic E-state index is -0.503. The van der Waals surface area contributed by atoms with Crippen LogP contribution in [0.2, 0.25) is 0 Å². The zero-order chi connectivity index (χ0) is 14.7. The highest BCUT2D eigenvalue weighted by atomic mass is 32.1. The van der Waals surface area contributed by atoms with Crippen molar-refractivity contribution in [1.82, 2.24) is 10.5 Å². The summed E-state index contributed by atoms with van der Waals surface area (Å²) in [6.45, 7) is -0.0334. The minimum absolute atomic E-state index is 0.0334. The molecule has 0 radical (unpaired) electrons. The van der Waals surface area contributed by atoms with Gasteiger partial charge in [-0.3, -0.25) is 4.79 Å². The Bertz CT molecular complexity index is 600. The number of aliphatic hydroxyl groups excluding tert-OH is 1. The number of aromatic nitrogens is 1. The number of aliphatic hydroxyl groups is 1. The number of rotatable bonds is 4. The zero-order valence-electron chi connectivity index (χ0n) is 11.7. The topological polar surface area (TPSA) is 75.4 Å². The Kier molecular flexibility index (Phi) is 4.07. The van der Waals surface area contributed by atoms with Crippen LogP contribution in [0.5, 0.6) is 0 Å². The van der Waals surface area contributed by atoms with Crippen molar-refractivity contribution in [2.45, 2.75) is 37.6 Å². The average Bonchev–Trinajstić information content (AvgIpc) is 3.19. The van der Waals surface area contributed by atoms with E-state index in [-0.39, 0.29) is 18.2 Å². The number of carbonyl (C=O) groups is 1.